The van der Waals surface area contributed by atoms with Crippen LogP contribution in [0.4, 0.5) is 5.13 Å². The van der Waals surface area contributed by atoms with Gasteiger partial charge in [-0.2, -0.15) is 16.7 Å². The van der Waals surface area contributed by atoms with Crippen molar-refractivity contribution in [3.8, 4) is 0 Å². The second kappa shape index (κ2) is 6.76. The highest BCUT2D eigenvalue weighted by molar-refractivity contribution is 7.99. The maximum absolute atomic E-state index is 5.62. The van der Waals surface area contributed by atoms with Gasteiger partial charge < -0.3 is 10.3 Å². The highest BCUT2D eigenvalue weighted by Gasteiger charge is 2.25. The van der Waals surface area contributed by atoms with Gasteiger partial charge in [0, 0.05) is 29.9 Å². The van der Waals surface area contributed by atoms with Gasteiger partial charge in [-0.25, -0.2) is 4.98 Å². The summed E-state index contributed by atoms with van der Waals surface area (Å²) in [5.74, 6) is 3.75. The van der Waals surface area contributed by atoms with Gasteiger partial charge in [-0.15, -0.1) is 11.3 Å². The summed E-state index contributed by atoms with van der Waals surface area (Å²) >= 11 is 3.43. The molecule has 0 amide bonds. The van der Waals surface area contributed by atoms with Crippen LogP contribution in [0.1, 0.15) is 29.9 Å². The predicted molar refractivity (Wildman–Crippen MR) is 85.5 cm³/mol. The molecule has 0 radical (unpaired) electrons. The van der Waals surface area contributed by atoms with Gasteiger partial charge in [0.05, 0.1) is 11.7 Å². The van der Waals surface area contributed by atoms with Gasteiger partial charge in [-0.1, -0.05) is 5.16 Å². The van der Waals surface area contributed by atoms with Crippen molar-refractivity contribution >= 4 is 28.2 Å². The molecule has 21 heavy (non-hydrogen) atoms. The third-order valence-electron chi connectivity index (χ3n) is 3.57. The highest BCUT2D eigenvalue weighted by Crippen LogP contribution is 2.26. The molecule has 8 heteroatoms. The van der Waals surface area contributed by atoms with E-state index in [9.17, 15) is 0 Å². The van der Waals surface area contributed by atoms with Gasteiger partial charge in [0.15, 0.2) is 11.0 Å². The summed E-state index contributed by atoms with van der Waals surface area (Å²) in [5.41, 5.74) is 6.66. The molecule has 0 spiro atoms. The Bertz CT molecular complexity index is 585. The lowest BCUT2D eigenvalue weighted by atomic mass is 10.2. The monoisotopic (exact) mass is 325 g/mol. The van der Waals surface area contributed by atoms with Gasteiger partial charge in [0.25, 0.3) is 0 Å². The van der Waals surface area contributed by atoms with E-state index >= 15 is 0 Å². The summed E-state index contributed by atoms with van der Waals surface area (Å²) in [6, 6.07) is 0.277. The second-order valence-electron chi connectivity index (χ2n) is 5.15. The van der Waals surface area contributed by atoms with Crippen LogP contribution in [0.15, 0.2) is 9.90 Å². The molecule has 0 bridgehead atoms. The zero-order valence-electron chi connectivity index (χ0n) is 12.0. The van der Waals surface area contributed by atoms with Crippen LogP contribution in [0, 0.1) is 0 Å². The van der Waals surface area contributed by atoms with Crippen molar-refractivity contribution in [3.63, 3.8) is 0 Å². The number of aromatic nitrogens is 3. The van der Waals surface area contributed by atoms with E-state index in [0.717, 1.165) is 49.0 Å². The van der Waals surface area contributed by atoms with Crippen molar-refractivity contribution in [2.75, 3.05) is 30.8 Å². The predicted octanol–water partition coefficient (Wildman–Crippen LogP) is 2.00. The Kier molecular flexibility index (Phi) is 4.77. The maximum atomic E-state index is 5.62. The Hall–Kier alpha value is -1.12. The molecule has 1 fully saturated rings. The van der Waals surface area contributed by atoms with Crippen LogP contribution in [-0.2, 0) is 12.8 Å². The number of hydrogen-bond acceptors (Lipinski definition) is 8. The normalized spacial score (nSPS) is 20.0. The number of aryl methyl sites for hydroxylation is 2. The molecule has 0 aliphatic carbocycles. The first-order chi connectivity index (χ1) is 10.2. The number of nitrogens with zero attached hydrogens (tertiary/aromatic N) is 4. The Morgan fingerprint density at radius 1 is 1.43 bits per heavy atom. The van der Waals surface area contributed by atoms with E-state index in [1.54, 1.807) is 0 Å². The van der Waals surface area contributed by atoms with E-state index in [1.807, 2.05) is 17.1 Å². The lowest BCUT2D eigenvalue weighted by Crippen LogP contribution is -2.33. The van der Waals surface area contributed by atoms with Crippen molar-refractivity contribution in [2.45, 2.75) is 25.3 Å². The third-order valence-corrected chi connectivity index (χ3v) is 5.32. The number of hydrogen-bond donors (Lipinski definition) is 1. The molecule has 6 nitrogen and oxygen atoms in total. The quantitative estimate of drug-likeness (QED) is 0.900. The summed E-state index contributed by atoms with van der Waals surface area (Å²) < 4.78 is 5.37. The van der Waals surface area contributed by atoms with E-state index in [1.165, 1.54) is 17.1 Å². The molecule has 0 aromatic carbocycles. The standard InChI is InChI=1S/C13H19N5OS2/c1-18-5-6-20-8-10(18)12-16-11(19-17-12)4-2-3-9-7-21-13(14)15-9/h7,10H,2-6,8H2,1H3,(H2,14,15). The van der Waals surface area contributed by atoms with Crippen LogP contribution in [0.2, 0.25) is 0 Å². The van der Waals surface area contributed by atoms with E-state index in [2.05, 4.69) is 27.1 Å². The molecule has 0 saturated carbocycles. The number of nitrogen functional groups attached to an aromatic ring is 1. The Labute approximate surface area is 132 Å². The zero-order chi connectivity index (χ0) is 14.7. The average Bonchev–Trinajstić information content (AvgIpc) is 3.09. The maximum Gasteiger partial charge on any atom is 0.226 e. The summed E-state index contributed by atoms with van der Waals surface area (Å²) in [4.78, 5) is 11.1. The molecule has 1 saturated heterocycles. The van der Waals surface area contributed by atoms with E-state index < -0.39 is 0 Å². The third kappa shape index (κ3) is 3.75. The van der Waals surface area contributed by atoms with Gasteiger partial charge >= 0.3 is 0 Å². The van der Waals surface area contributed by atoms with Crippen molar-refractivity contribution in [1.29, 1.82) is 0 Å². The SMILES string of the molecule is CN1CCSCC1c1noc(CCCc2csc(N)n2)n1. The van der Waals surface area contributed by atoms with Crippen LogP contribution in [-0.4, -0.2) is 45.1 Å². The fraction of sp³-hybridized carbons (Fsp3) is 0.615. The average molecular weight is 325 g/mol. The Balaban J connectivity index is 1.52. The van der Waals surface area contributed by atoms with Crippen LogP contribution in [0.3, 0.4) is 0 Å². The van der Waals surface area contributed by atoms with E-state index in [-0.39, 0.29) is 6.04 Å². The minimum Gasteiger partial charge on any atom is -0.375 e. The van der Waals surface area contributed by atoms with Gasteiger partial charge in [0.1, 0.15) is 0 Å². The molecule has 114 valence electrons. The van der Waals surface area contributed by atoms with Crippen LogP contribution in [0.5, 0.6) is 0 Å². The molecular formula is C13H19N5OS2. The molecule has 2 N–H and O–H groups in total. The number of rotatable bonds is 5. The largest absolute Gasteiger partial charge is 0.375 e. The minimum atomic E-state index is 0.277. The van der Waals surface area contributed by atoms with Crippen LogP contribution >= 0.6 is 23.1 Å². The molecule has 2 aromatic heterocycles. The lowest BCUT2D eigenvalue weighted by molar-refractivity contribution is 0.256. The van der Waals surface area contributed by atoms with Gasteiger partial charge in [-0.05, 0) is 19.9 Å². The van der Waals surface area contributed by atoms with Crippen molar-refractivity contribution in [2.24, 2.45) is 0 Å². The van der Waals surface area contributed by atoms with E-state index in [0.29, 0.717) is 5.13 Å². The summed E-state index contributed by atoms with van der Waals surface area (Å²) in [7, 11) is 2.12. The summed E-state index contributed by atoms with van der Waals surface area (Å²) in [6.45, 7) is 1.07. The van der Waals surface area contributed by atoms with Crippen LogP contribution in [0.25, 0.3) is 0 Å². The summed E-state index contributed by atoms with van der Waals surface area (Å²) in [6.07, 6.45) is 2.62. The van der Waals surface area contributed by atoms with Crippen molar-refractivity contribution in [1.82, 2.24) is 20.0 Å². The molecule has 1 unspecified atom stereocenters. The molecule has 3 rings (SSSR count). The number of nitrogens with two attached hydrogens (primary N) is 1. The first-order valence-corrected chi connectivity index (χ1v) is 9.06. The number of anilines is 1. The molecule has 1 aliphatic heterocycles. The van der Waals surface area contributed by atoms with E-state index in [4.69, 9.17) is 10.3 Å². The van der Waals surface area contributed by atoms with Gasteiger partial charge in [-0.3, -0.25) is 4.90 Å². The molecule has 2 aromatic rings. The van der Waals surface area contributed by atoms with Gasteiger partial charge in [0.2, 0.25) is 5.89 Å². The van der Waals surface area contributed by atoms with Crippen molar-refractivity contribution < 1.29 is 4.52 Å². The fourth-order valence-electron chi connectivity index (χ4n) is 2.32. The lowest BCUT2D eigenvalue weighted by Gasteiger charge is -2.29. The van der Waals surface area contributed by atoms with Crippen molar-refractivity contribution in [3.05, 3.63) is 22.8 Å². The summed E-state index contributed by atoms with van der Waals surface area (Å²) in [5, 5.41) is 6.78. The molecule has 3 heterocycles. The topological polar surface area (TPSA) is 81.1 Å². The first-order valence-electron chi connectivity index (χ1n) is 7.02. The first kappa shape index (κ1) is 14.8. The smallest absolute Gasteiger partial charge is 0.226 e. The second-order valence-corrected chi connectivity index (χ2v) is 7.19. The minimum absolute atomic E-state index is 0.277. The van der Waals surface area contributed by atoms with Crippen LogP contribution < -0.4 is 5.73 Å². The Morgan fingerprint density at radius 3 is 3.10 bits per heavy atom. The molecule has 1 atom stereocenters. The Morgan fingerprint density at radius 2 is 2.33 bits per heavy atom. The highest BCUT2D eigenvalue weighted by atomic mass is 32.2. The molecule has 1 aliphatic rings. The molecular weight excluding hydrogens is 306 g/mol. The zero-order valence-corrected chi connectivity index (χ0v) is 13.6. The number of thioether (sulfide) groups is 1. The number of thiazole rings is 1. The fourth-order valence-corrected chi connectivity index (χ4v) is 4.13.